The lowest BCUT2D eigenvalue weighted by Crippen LogP contribution is -2.41. The summed E-state index contributed by atoms with van der Waals surface area (Å²) in [6.45, 7) is 2.94. The monoisotopic (exact) mass is 381 g/mol. The fourth-order valence-electron chi connectivity index (χ4n) is 3.03. The Bertz CT molecular complexity index is 816. The van der Waals surface area contributed by atoms with Crippen LogP contribution in [0.25, 0.3) is 0 Å². The minimum atomic E-state index is -4.50. The summed E-state index contributed by atoms with van der Waals surface area (Å²) in [7, 11) is 1.46. The molecule has 0 fully saturated rings. The lowest BCUT2D eigenvalue weighted by atomic mass is 10.0. The molecular formula is C18H22F3N5O. The molecule has 0 saturated carbocycles. The number of hydrogen-bond donors (Lipinski definition) is 2. The standard InChI is InChI=1S/C18H22F3N5O/c1-3-22-17(23-10-12-11-26(2)25-16(12)18(19,20)21)24-14-8-9-27-15-7-5-4-6-13(14)15/h4-7,11,14H,3,8-10H2,1-2H3,(H2,22,23,24). The van der Waals surface area contributed by atoms with E-state index in [-0.39, 0.29) is 18.2 Å². The number of hydrogen-bond acceptors (Lipinski definition) is 3. The lowest BCUT2D eigenvalue weighted by molar-refractivity contribution is -0.142. The first-order valence-electron chi connectivity index (χ1n) is 8.74. The molecule has 146 valence electrons. The van der Waals surface area contributed by atoms with Gasteiger partial charge in [-0.1, -0.05) is 18.2 Å². The largest absolute Gasteiger partial charge is 0.493 e. The van der Waals surface area contributed by atoms with Crippen molar-refractivity contribution >= 4 is 5.96 Å². The molecule has 2 N–H and O–H groups in total. The number of rotatable bonds is 4. The van der Waals surface area contributed by atoms with Gasteiger partial charge in [-0.15, -0.1) is 0 Å². The Balaban J connectivity index is 1.79. The number of guanidine groups is 1. The van der Waals surface area contributed by atoms with E-state index in [2.05, 4.69) is 20.7 Å². The first kappa shape index (κ1) is 19.1. The van der Waals surface area contributed by atoms with E-state index in [4.69, 9.17) is 4.74 Å². The Morgan fingerprint density at radius 3 is 2.89 bits per heavy atom. The molecule has 0 spiro atoms. The number of fused-ring (bicyclic) bond motifs is 1. The number of nitrogens with zero attached hydrogens (tertiary/aromatic N) is 3. The van der Waals surface area contributed by atoms with E-state index < -0.39 is 11.9 Å². The third-order valence-electron chi connectivity index (χ3n) is 4.19. The second-order valence-electron chi connectivity index (χ2n) is 6.24. The van der Waals surface area contributed by atoms with Crippen molar-refractivity contribution in [1.29, 1.82) is 0 Å². The van der Waals surface area contributed by atoms with Crippen LogP contribution in [-0.2, 0) is 19.8 Å². The fourth-order valence-corrected chi connectivity index (χ4v) is 3.03. The third-order valence-corrected chi connectivity index (χ3v) is 4.19. The molecule has 3 rings (SSSR count). The summed E-state index contributed by atoms with van der Waals surface area (Å²) in [5.74, 6) is 1.26. The van der Waals surface area contributed by atoms with Gasteiger partial charge >= 0.3 is 6.18 Å². The van der Waals surface area contributed by atoms with Crippen LogP contribution < -0.4 is 15.4 Å². The Labute approximate surface area is 155 Å². The Kier molecular flexibility index (Phi) is 5.57. The van der Waals surface area contributed by atoms with Crippen molar-refractivity contribution < 1.29 is 17.9 Å². The zero-order valence-electron chi connectivity index (χ0n) is 15.2. The smallest absolute Gasteiger partial charge is 0.435 e. The van der Waals surface area contributed by atoms with Gasteiger partial charge in [0.2, 0.25) is 0 Å². The van der Waals surface area contributed by atoms with Gasteiger partial charge in [-0.25, -0.2) is 4.99 Å². The van der Waals surface area contributed by atoms with Crippen molar-refractivity contribution in [2.75, 3.05) is 13.2 Å². The molecule has 0 radical (unpaired) electrons. The van der Waals surface area contributed by atoms with E-state index >= 15 is 0 Å². The highest BCUT2D eigenvalue weighted by Gasteiger charge is 2.36. The van der Waals surface area contributed by atoms with Gasteiger partial charge in [0.1, 0.15) is 5.75 Å². The summed E-state index contributed by atoms with van der Waals surface area (Å²) in [4.78, 5) is 4.34. The molecule has 1 unspecified atom stereocenters. The molecule has 1 atom stereocenters. The predicted octanol–water partition coefficient (Wildman–Crippen LogP) is 3.02. The molecule has 0 saturated heterocycles. The summed E-state index contributed by atoms with van der Waals surface area (Å²) in [6.07, 6.45) is -2.42. The van der Waals surface area contributed by atoms with Gasteiger partial charge in [-0.3, -0.25) is 4.68 Å². The van der Waals surface area contributed by atoms with Gasteiger partial charge in [0.25, 0.3) is 0 Å². The number of aryl methyl sites for hydroxylation is 1. The normalized spacial score (nSPS) is 17.2. The number of benzene rings is 1. The van der Waals surface area contributed by atoms with Gasteiger partial charge in [0.05, 0.1) is 19.2 Å². The van der Waals surface area contributed by atoms with Crippen molar-refractivity contribution in [2.45, 2.75) is 32.1 Å². The molecule has 2 heterocycles. The summed E-state index contributed by atoms with van der Waals surface area (Å²) in [5, 5.41) is 9.90. The highest BCUT2D eigenvalue weighted by molar-refractivity contribution is 5.80. The number of para-hydroxylation sites is 1. The van der Waals surface area contributed by atoms with Gasteiger partial charge < -0.3 is 15.4 Å². The van der Waals surface area contributed by atoms with E-state index in [1.54, 1.807) is 0 Å². The zero-order chi connectivity index (χ0) is 19.4. The van der Waals surface area contributed by atoms with Crippen molar-refractivity contribution in [2.24, 2.45) is 12.0 Å². The van der Waals surface area contributed by atoms with Crippen molar-refractivity contribution in [3.05, 3.63) is 47.3 Å². The minimum Gasteiger partial charge on any atom is -0.493 e. The highest BCUT2D eigenvalue weighted by atomic mass is 19.4. The highest BCUT2D eigenvalue weighted by Crippen LogP contribution is 2.32. The third kappa shape index (κ3) is 4.53. The summed E-state index contributed by atoms with van der Waals surface area (Å²) >= 11 is 0. The quantitative estimate of drug-likeness (QED) is 0.631. The van der Waals surface area contributed by atoms with Crippen LogP contribution in [0, 0.1) is 0 Å². The van der Waals surface area contributed by atoms with E-state index in [0.717, 1.165) is 22.4 Å². The first-order chi connectivity index (χ1) is 12.9. The Hall–Kier alpha value is -2.71. The van der Waals surface area contributed by atoms with E-state index in [1.807, 2.05) is 31.2 Å². The van der Waals surface area contributed by atoms with Crippen LogP contribution in [0.1, 0.15) is 36.2 Å². The molecule has 9 heteroatoms. The van der Waals surface area contributed by atoms with Crippen molar-refractivity contribution in [1.82, 2.24) is 20.4 Å². The summed E-state index contributed by atoms with van der Waals surface area (Å²) < 4.78 is 46.1. The van der Waals surface area contributed by atoms with Gasteiger partial charge in [0.15, 0.2) is 11.7 Å². The molecule has 0 bridgehead atoms. The van der Waals surface area contributed by atoms with Crippen LogP contribution >= 0.6 is 0 Å². The molecule has 2 aromatic rings. The maximum absolute atomic E-state index is 13.1. The van der Waals surface area contributed by atoms with Gasteiger partial charge in [-0.05, 0) is 13.0 Å². The van der Waals surface area contributed by atoms with Crippen molar-refractivity contribution in [3.63, 3.8) is 0 Å². The number of ether oxygens (including phenoxy) is 1. The minimum absolute atomic E-state index is 0.0243. The molecule has 0 aliphatic carbocycles. The second kappa shape index (κ2) is 7.89. The molecule has 1 aromatic heterocycles. The van der Waals surface area contributed by atoms with Crippen LogP contribution in [0.4, 0.5) is 13.2 Å². The maximum Gasteiger partial charge on any atom is 0.435 e. The van der Waals surface area contributed by atoms with Crippen LogP contribution in [0.2, 0.25) is 0 Å². The predicted molar refractivity (Wildman–Crippen MR) is 95.5 cm³/mol. The van der Waals surface area contributed by atoms with E-state index in [1.165, 1.54) is 13.2 Å². The average Bonchev–Trinajstić information content (AvgIpc) is 3.01. The Morgan fingerprint density at radius 1 is 1.37 bits per heavy atom. The molecule has 0 amide bonds. The van der Waals surface area contributed by atoms with Crippen molar-refractivity contribution in [3.8, 4) is 5.75 Å². The topological polar surface area (TPSA) is 63.5 Å². The second-order valence-corrected chi connectivity index (χ2v) is 6.24. The zero-order valence-corrected chi connectivity index (χ0v) is 15.2. The van der Waals surface area contributed by atoms with Gasteiger partial charge in [-0.2, -0.15) is 18.3 Å². The maximum atomic E-state index is 13.1. The number of nitrogens with one attached hydrogen (secondary N) is 2. The summed E-state index contributed by atoms with van der Waals surface area (Å²) in [5.41, 5.74) is 0.141. The van der Waals surface area contributed by atoms with Crippen LogP contribution in [0.3, 0.4) is 0 Å². The molecule has 6 nitrogen and oxygen atoms in total. The van der Waals surface area contributed by atoms with Crippen LogP contribution in [-0.4, -0.2) is 28.9 Å². The number of aliphatic imine (C=N–C) groups is 1. The first-order valence-corrected chi connectivity index (χ1v) is 8.74. The SMILES string of the molecule is CCNC(=NCc1cn(C)nc1C(F)(F)F)NC1CCOc2ccccc21. The number of aromatic nitrogens is 2. The number of halogens is 3. The average molecular weight is 381 g/mol. The molecular weight excluding hydrogens is 359 g/mol. The molecule has 1 aliphatic rings. The lowest BCUT2D eigenvalue weighted by Gasteiger charge is -2.28. The molecule has 1 aliphatic heterocycles. The summed E-state index contributed by atoms with van der Waals surface area (Å²) in [6, 6.07) is 7.68. The van der Waals surface area contributed by atoms with Crippen LogP contribution in [0.5, 0.6) is 5.75 Å². The van der Waals surface area contributed by atoms with Gasteiger partial charge in [0, 0.05) is 37.3 Å². The fraction of sp³-hybridized carbons (Fsp3) is 0.444. The number of alkyl halides is 3. The van der Waals surface area contributed by atoms with E-state index in [0.29, 0.717) is 19.1 Å². The van der Waals surface area contributed by atoms with Crippen LogP contribution in [0.15, 0.2) is 35.5 Å². The molecule has 27 heavy (non-hydrogen) atoms. The Morgan fingerprint density at radius 2 is 2.15 bits per heavy atom. The molecule has 1 aromatic carbocycles. The van der Waals surface area contributed by atoms with E-state index in [9.17, 15) is 13.2 Å².